The van der Waals surface area contributed by atoms with Gasteiger partial charge >= 0.3 is 6.03 Å². The van der Waals surface area contributed by atoms with Crippen LogP contribution in [-0.4, -0.2) is 78.9 Å². The zero-order valence-corrected chi connectivity index (χ0v) is 128. The molecule has 0 bridgehead atoms. The maximum absolute atomic E-state index is 13.2. The Kier molecular flexibility index (Phi) is 66.4. The first-order chi connectivity index (χ1) is 53.6. The molecule has 0 saturated carbocycles. The predicted molar refractivity (Wildman–Crippen MR) is 732 cm³/mol. The van der Waals surface area contributed by atoms with E-state index in [1.54, 1.807) is 0 Å². The Balaban J connectivity index is 0.000000311. The van der Waals surface area contributed by atoms with E-state index < -0.39 is 37.5 Å². The average Bonchev–Trinajstić information content (AvgIpc) is 1.63. The summed E-state index contributed by atoms with van der Waals surface area (Å²) < 4.78 is 11.8. The summed E-state index contributed by atoms with van der Waals surface area (Å²) in [6.45, 7) is 6.51. The van der Waals surface area contributed by atoms with Crippen LogP contribution in [0.4, 0.5) is 10.5 Å². The SMILES string of the molecule is CC(C)(C)[Si](C)(C)OCCN1CCN(c2ccc(-c3cn(-c4ccccc4)c4ncnc(Cl)c34)cc2)C1=O.Clc1ncnc2c1c(I)cn2-c1ccccc1.PPP(P(P)P)P(P(P(P)P)P(P)P)C(P(P(P(P)P)P(P)P)P(P(P)P)P(P)P)(P(P(P(P)P)P(P)P)P(P(P)P)P(P)P)P(P(P(P)P)P(P)P)P(P(P)P)P(P)P. The van der Waals surface area contributed by atoms with Gasteiger partial charge in [0.05, 0.1) is 21.8 Å². The summed E-state index contributed by atoms with van der Waals surface area (Å²) in [6.07, 6.45) is 7.03. The van der Waals surface area contributed by atoms with Gasteiger partial charge < -0.3 is 18.5 Å². The fourth-order valence-corrected chi connectivity index (χ4v) is 655. The van der Waals surface area contributed by atoms with Gasteiger partial charge in [-0.15, -0.1) is 277 Å². The van der Waals surface area contributed by atoms with Crippen molar-refractivity contribution in [3.05, 3.63) is 124 Å². The molecule has 8 rings (SSSR count). The number of hydrogen-bond donors (Lipinski definition) is 0. The molecule has 10 nitrogen and oxygen atoms in total. The molecule has 2 amide bonds. The zero-order chi connectivity index (χ0) is 86.7. The van der Waals surface area contributed by atoms with E-state index in [1.807, 2.05) is 116 Å². The maximum atomic E-state index is 13.2. The van der Waals surface area contributed by atoms with E-state index in [1.165, 1.54) is 12.7 Å². The average molecular weight is 2810 g/mol. The summed E-state index contributed by atoms with van der Waals surface area (Å²) >= 11 is 14.9. The van der Waals surface area contributed by atoms with Gasteiger partial charge in [0, 0.05) is 58.2 Å². The Morgan fingerprint density at radius 2 is 0.774 bits per heavy atom. The van der Waals surface area contributed by atoms with Gasteiger partial charge in [-0.3, -0.25) is 4.90 Å². The first-order valence-electron chi connectivity index (χ1n) is 31.7. The topological polar surface area (TPSA) is 94.2 Å². The molecule has 0 radical (unpaired) electrons. The molecule has 4 aromatic heterocycles. The van der Waals surface area contributed by atoms with E-state index >= 15 is 0 Å². The Morgan fingerprint density at radius 1 is 0.443 bits per heavy atom. The lowest BCUT2D eigenvalue weighted by Gasteiger charge is -2.69. The van der Waals surface area contributed by atoms with E-state index in [-0.39, 0.29) is 172 Å². The minimum Gasteiger partial charge on any atom is -0.415 e. The van der Waals surface area contributed by atoms with Crippen molar-refractivity contribution in [2.24, 2.45) is 0 Å². The number of amides is 2. The number of urea groups is 1. The second-order valence-corrected chi connectivity index (χ2v) is 260. The minimum absolute atomic E-state index is 0.0220. The van der Waals surface area contributed by atoms with Crippen LogP contribution in [0.5, 0.6) is 0 Å². The van der Waals surface area contributed by atoms with Gasteiger partial charge in [-0.25, -0.2) is 24.7 Å². The standard InChI is InChI=1S/C29H34ClN5O2Si.C12H7ClIN3.CH63P59/c1-29(2,3)38(4,5)37-18-17-33-15-16-34(28(33)36)23-13-11-21(12-14-23)24-19-35(22-9-7-6-8-10-22)27-25(24)26(30)31-20-32-27;13-11-10-9(14)6-17(12(10)16-7-15-11)8-4-2-1-3-5-8;2-33-53(38(3)4)34(54(39(5)6)40(7)8)1(35(55(41(9)10)42(11)12)56(43(13)14)44(15)16,36(57(45(17)18)46(19)20)58(47(21)22)48(23)24)37(59(49(25)26)50(27)28)60(51(29)30)52(31)32/h6-14,19-20H,15-18H2,1-5H3;1-7H;33H,2-32H2. The van der Waals surface area contributed by atoms with Crippen molar-refractivity contribution < 1.29 is 9.22 Å². The normalized spacial score (nSPS) is 14.7. The van der Waals surface area contributed by atoms with E-state index in [2.05, 4.69) is 353 Å². The first kappa shape index (κ1) is 125. The molecule has 115 heavy (non-hydrogen) atoms. The van der Waals surface area contributed by atoms with E-state index in [0.717, 1.165) is 61.8 Å². The van der Waals surface area contributed by atoms with Crippen molar-refractivity contribution >= 4 is 563 Å². The molecule has 1 fully saturated rings. The molecular formula is C42H104Cl2IN8O2P59Si. The molecule has 0 aliphatic carbocycles. The summed E-state index contributed by atoms with van der Waals surface area (Å²) in [6, 6.07) is 28.1. The summed E-state index contributed by atoms with van der Waals surface area (Å²) in [4.78, 5) is 33.9. The van der Waals surface area contributed by atoms with E-state index in [4.69, 9.17) is 27.6 Å². The fraction of sp³-hybridized carbons (Fsp3) is 0.262. The molecule has 34 unspecified atom stereocenters. The quantitative estimate of drug-likeness (QED) is 0.0168. The number of para-hydroxylation sites is 2. The lowest BCUT2D eigenvalue weighted by atomic mass is 10.1. The van der Waals surface area contributed by atoms with Crippen molar-refractivity contribution in [3.8, 4) is 22.5 Å². The lowest BCUT2D eigenvalue weighted by molar-refractivity contribution is 0.200. The third kappa shape index (κ3) is 34.8. The summed E-state index contributed by atoms with van der Waals surface area (Å²) in [7, 11) is 109. The monoisotopic (exact) mass is 2810 g/mol. The number of rotatable bonds is 36. The third-order valence-corrected chi connectivity index (χ3v) is 378. The highest BCUT2D eigenvalue weighted by molar-refractivity contribution is 14.1. The van der Waals surface area contributed by atoms with Crippen LogP contribution < -0.4 is 4.90 Å². The predicted octanol–water partition coefficient (Wildman–Crippen LogP) is 44.4. The van der Waals surface area contributed by atoms with Crippen LogP contribution in [0, 0.1) is 3.57 Å². The van der Waals surface area contributed by atoms with Crippen LogP contribution in [0.25, 0.3) is 44.6 Å². The number of hydrogen-bond acceptors (Lipinski definition) is 6. The van der Waals surface area contributed by atoms with Crippen LogP contribution >= 0.6 is 520 Å². The number of halogens is 3. The number of fused-ring (bicyclic) bond motifs is 2. The van der Waals surface area contributed by atoms with Crippen LogP contribution in [0.3, 0.4) is 0 Å². The molecule has 73 heteroatoms. The van der Waals surface area contributed by atoms with E-state index in [0.29, 0.717) is 40.9 Å². The molecule has 0 N–H and O–H groups in total. The second-order valence-electron chi connectivity index (χ2n) is 24.5. The largest absolute Gasteiger partial charge is 0.415 e. The molecule has 34 atom stereocenters. The van der Waals surface area contributed by atoms with Crippen LogP contribution in [0.1, 0.15) is 20.8 Å². The van der Waals surface area contributed by atoms with Gasteiger partial charge in [-0.2, -0.15) is 0 Å². The number of aromatic nitrogens is 6. The molecular weight excluding hydrogens is 2700 g/mol. The van der Waals surface area contributed by atoms with Crippen LogP contribution in [-0.2, 0) is 4.43 Å². The van der Waals surface area contributed by atoms with Gasteiger partial charge in [-0.05, 0) is 273 Å². The smallest absolute Gasteiger partial charge is 0.324 e. The Morgan fingerprint density at radius 3 is 1.10 bits per heavy atom. The summed E-state index contributed by atoms with van der Waals surface area (Å²) in [5, 5.41) is 2.76. The molecule has 7 aromatic rings. The Hall–Kier alpha value is 21.0. The third-order valence-electron chi connectivity index (χ3n) is 16.0. The molecule has 3 aromatic carbocycles. The molecule has 644 valence electrons. The van der Waals surface area contributed by atoms with Gasteiger partial charge in [0.2, 0.25) is 0 Å². The first-order valence-corrected chi connectivity index (χ1v) is 141. The van der Waals surface area contributed by atoms with Gasteiger partial charge in [0.15, 0.2) is 14.0 Å². The van der Waals surface area contributed by atoms with Crippen LogP contribution in [0.2, 0.25) is 28.4 Å². The Bertz CT molecular complexity index is 3930. The lowest BCUT2D eigenvalue weighted by Crippen LogP contribution is -2.43. The minimum atomic E-state index is -1.83. The molecule has 0 spiro atoms. The molecule has 1 aliphatic rings. The number of carbonyl (C=O) groups is 1. The number of anilines is 1. The van der Waals surface area contributed by atoms with Crippen molar-refractivity contribution in [1.82, 2.24) is 34.0 Å². The van der Waals surface area contributed by atoms with Crippen molar-refractivity contribution in [2.75, 3.05) is 31.1 Å². The van der Waals surface area contributed by atoms with Gasteiger partial charge in [0.25, 0.3) is 0 Å². The maximum Gasteiger partial charge on any atom is 0.324 e. The summed E-state index contributed by atoms with van der Waals surface area (Å²) in [5.41, 5.74) is 6.45. The summed E-state index contributed by atoms with van der Waals surface area (Å²) in [5.74, 6) is 0. The molecule has 1 aliphatic heterocycles. The highest BCUT2D eigenvalue weighted by Gasteiger charge is 2.72. The highest BCUT2D eigenvalue weighted by Crippen LogP contribution is 3.43. The molecule has 1 saturated heterocycles. The van der Waals surface area contributed by atoms with Gasteiger partial charge in [0.1, 0.15) is 28.6 Å². The number of nitrogens with zero attached hydrogens (tertiary/aromatic N) is 8. The number of benzene rings is 3. The highest BCUT2D eigenvalue weighted by atomic mass is 127. The second kappa shape index (κ2) is 61.2. The zero-order valence-electron chi connectivity index (χ0n) is 62.2. The Labute approximate surface area is 815 Å². The fourth-order valence-electron chi connectivity index (χ4n) is 10.4. The number of carbonyl (C=O) groups excluding carboxylic acids is 1. The van der Waals surface area contributed by atoms with Crippen molar-refractivity contribution in [2.45, 2.75) is 43.3 Å². The van der Waals surface area contributed by atoms with Crippen molar-refractivity contribution in [1.29, 1.82) is 0 Å². The van der Waals surface area contributed by atoms with Gasteiger partial charge in [-0.1, -0.05) is 100 Å². The van der Waals surface area contributed by atoms with E-state index in [9.17, 15) is 4.79 Å². The van der Waals surface area contributed by atoms with Crippen LogP contribution in [0.15, 0.2) is 110 Å². The van der Waals surface area contributed by atoms with Crippen molar-refractivity contribution in [3.63, 3.8) is 0 Å². The molecule has 5 heterocycles.